The maximum Gasteiger partial charge on any atom is 0.293 e. The third kappa shape index (κ3) is 5.60. The summed E-state index contributed by atoms with van der Waals surface area (Å²) in [7, 11) is 0. The number of hydrogen-bond acceptors (Lipinski definition) is 2. The van der Waals surface area contributed by atoms with Gasteiger partial charge in [0.05, 0.1) is 6.10 Å². The normalized spacial score (nSPS) is 12.6. The van der Waals surface area contributed by atoms with Crippen LogP contribution in [-0.2, 0) is 9.53 Å². The topological polar surface area (TPSA) is 26.3 Å². The predicted molar refractivity (Wildman–Crippen MR) is 40.8 cm³/mol. The van der Waals surface area contributed by atoms with E-state index in [0.717, 1.165) is 12.8 Å². The maximum absolute atomic E-state index is 9.83. The number of unbranched alkanes of at least 4 members (excludes halogenated alkanes) is 2. The van der Waals surface area contributed by atoms with Gasteiger partial charge in [-0.05, 0) is 19.8 Å². The lowest BCUT2D eigenvalue weighted by molar-refractivity contribution is -0.133. The largest absolute Gasteiger partial charge is 0.465 e. The molecule has 0 fully saturated rings. The summed E-state index contributed by atoms with van der Waals surface area (Å²) < 4.78 is 4.71. The van der Waals surface area contributed by atoms with Crippen LogP contribution in [-0.4, -0.2) is 12.6 Å². The van der Waals surface area contributed by atoms with Crippen molar-refractivity contribution in [1.82, 2.24) is 0 Å². The summed E-state index contributed by atoms with van der Waals surface area (Å²) >= 11 is 0. The molecule has 1 atom stereocenters. The lowest BCUT2D eigenvalue weighted by Gasteiger charge is -2.07. The Balaban J connectivity index is 3.04. The van der Waals surface area contributed by atoms with E-state index in [1.54, 1.807) is 0 Å². The highest BCUT2D eigenvalue weighted by Crippen LogP contribution is 2.04. The number of hydrogen-bond donors (Lipinski definition) is 0. The zero-order valence-electron chi connectivity index (χ0n) is 6.80. The Kier molecular flexibility index (Phi) is 6.24. The van der Waals surface area contributed by atoms with Gasteiger partial charge in [-0.2, -0.15) is 0 Å². The highest BCUT2D eigenvalue weighted by Gasteiger charge is 1.98. The zero-order chi connectivity index (χ0) is 7.82. The van der Waals surface area contributed by atoms with Crippen LogP contribution in [0.5, 0.6) is 0 Å². The van der Waals surface area contributed by atoms with E-state index in [1.807, 2.05) is 6.92 Å². The van der Waals surface area contributed by atoms with E-state index in [1.165, 1.54) is 12.8 Å². The van der Waals surface area contributed by atoms with Gasteiger partial charge in [0.2, 0.25) is 0 Å². The highest BCUT2D eigenvalue weighted by molar-refractivity contribution is 5.37. The van der Waals surface area contributed by atoms with Crippen LogP contribution in [0.1, 0.15) is 39.5 Å². The molecular weight excluding hydrogens is 128 g/mol. The molecule has 0 aliphatic carbocycles. The Labute approximate surface area is 62.6 Å². The van der Waals surface area contributed by atoms with Crippen LogP contribution in [0.2, 0.25) is 0 Å². The number of ether oxygens (including phenoxy) is 1. The second-order valence-electron chi connectivity index (χ2n) is 2.54. The van der Waals surface area contributed by atoms with Gasteiger partial charge in [-0.1, -0.05) is 19.8 Å². The average molecular weight is 144 g/mol. The first-order chi connectivity index (χ1) is 4.81. The van der Waals surface area contributed by atoms with Crippen molar-refractivity contribution in [1.29, 1.82) is 0 Å². The second kappa shape index (κ2) is 6.59. The van der Waals surface area contributed by atoms with Gasteiger partial charge in [0.25, 0.3) is 6.47 Å². The van der Waals surface area contributed by atoms with Gasteiger partial charge in [0, 0.05) is 0 Å². The van der Waals surface area contributed by atoms with E-state index in [4.69, 9.17) is 4.74 Å². The molecule has 60 valence electrons. The fourth-order valence-electron chi connectivity index (χ4n) is 0.845. The van der Waals surface area contributed by atoms with Crippen LogP contribution < -0.4 is 0 Å². The van der Waals surface area contributed by atoms with E-state index in [-0.39, 0.29) is 6.10 Å². The van der Waals surface area contributed by atoms with Crippen molar-refractivity contribution in [2.75, 3.05) is 0 Å². The molecule has 10 heavy (non-hydrogen) atoms. The third-order valence-electron chi connectivity index (χ3n) is 1.50. The Morgan fingerprint density at radius 2 is 2.20 bits per heavy atom. The average Bonchev–Trinajstić information content (AvgIpc) is 1.89. The van der Waals surface area contributed by atoms with Gasteiger partial charge in [-0.25, -0.2) is 0 Å². The summed E-state index contributed by atoms with van der Waals surface area (Å²) in [6.45, 7) is 4.60. The standard InChI is InChI=1S/C8H16O2/c1-3-4-5-6-8(2)10-7-9/h7-8H,3-6H2,1-2H3. The minimum absolute atomic E-state index is 0.101. The quantitative estimate of drug-likeness (QED) is 0.421. The molecule has 0 N–H and O–H groups in total. The lowest BCUT2D eigenvalue weighted by atomic mass is 10.1. The fraction of sp³-hybridized carbons (Fsp3) is 0.875. The maximum atomic E-state index is 9.83. The summed E-state index contributed by atoms with van der Waals surface area (Å²) in [5.41, 5.74) is 0. The van der Waals surface area contributed by atoms with Crippen LogP contribution in [0, 0.1) is 0 Å². The van der Waals surface area contributed by atoms with Gasteiger partial charge in [-0.15, -0.1) is 0 Å². The van der Waals surface area contributed by atoms with Crippen LogP contribution in [0.4, 0.5) is 0 Å². The van der Waals surface area contributed by atoms with E-state index < -0.39 is 0 Å². The lowest BCUT2D eigenvalue weighted by Crippen LogP contribution is -2.05. The molecule has 0 bridgehead atoms. The van der Waals surface area contributed by atoms with Crippen LogP contribution >= 0.6 is 0 Å². The molecule has 0 spiro atoms. The molecule has 0 aliphatic rings. The second-order valence-corrected chi connectivity index (χ2v) is 2.54. The minimum atomic E-state index is 0.101. The molecule has 0 aromatic heterocycles. The first-order valence-electron chi connectivity index (χ1n) is 3.90. The zero-order valence-corrected chi connectivity index (χ0v) is 6.80. The number of carbonyl (C=O) groups is 1. The predicted octanol–water partition coefficient (Wildman–Crippen LogP) is 2.13. The molecule has 1 unspecified atom stereocenters. The molecule has 2 nitrogen and oxygen atoms in total. The number of carbonyl (C=O) groups excluding carboxylic acids is 1. The van der Waals surface area contributed by atoms with Gasteiger partial charge < -0.3 is 4.74 Å². The third-order valence-corrected chi connectivity index (χ3v) is 1.50. The fourth-order valence-corrected chi connectivity index (χ4v) is 0.845. The van der Waals surface area contributed by atoms with E-state index >= 15 is 0 Å². The highest BCUT2D eigenvalue weighted by atomic mass is 16.5. The van der Waals surface area contributed by atoms with Crippen molar-refractivity contribution in [3.05, 3.63) is 0 Å². The van der Waals surface area contributed by atoms with Crippen LogP contribution in [0.3, 0.4) is 0 Å². The molecule has 0 radical (unpaired) electrons. The van der Waals surface area contributed by atoms with E-state index in [9.17, 15) is 4.79 Å². The Bertz CT molecular complexity index is 81.3. The SMILES string of the molecule is CCCCCC(C)OC=O. The van der Waals surface area contributed by atoms with Gasteiger partial charge in [0.1, 0.15) is 0 Å². The molecule has 0 aliphatic heterocycles. The Morgan fingerprint density at radius 3 is 2.70 bits per heavy atom. The summed E-state index contributed by atoms with van der Waals surface area (Å²) in [5.74, 6) is 0. The van der Waals surface area contributed by atoms with Crippen molar-refractivity contribution in [3.8, 4) is 0 Å². The summed E-state index contributed by atoms with van der Waals surface area (Å²) in [5, 5.41) is 0. The molecule has 0 amide bonds. The summed E-state index contributed by atoms with van der Waals surface area (Å²) in [6, 6.07) is 0. The van der Waals surface area contributed by atoms with Crippen LogP contribution in [0.25, 0.3) is 0 Å². The number of rotatable bonds is 6. The van der Waals surface area contributed by atoms with Crippen LogP contribution in [0.15, 0.2) is 0 Å². The summed E-state index contributed by atoms with van der Waals surface area (Å²) in [4.78, 5) is 9.83. The smallest absolute Gasteiger partial charge is 0.293 e. The minimum Gasteiger partial charge on any atom is -0.465 e. The van der Waals surface area contributed by atoms with Gasteiger partial charge in [-0.3, -0.25) is 4.79 Å². The first kappa shape index (κ1) is 9.47. The molecular formula is C8H16O2. The summed E-state index contributed by atoms with van der Waals surface area (Å²) in [6.07, 6.45) is 4.70. The molecule has 2 heteroatoms. The Hall–Kier alpha value is -0.530. The van der Waals surface area contributed by atoms with Gasteiger partial charge in [0.15, 0.2) is 0 Å². The van der Waals surface area contributed by atoms with Gasteiger partial charge >= 0.3 is 0 Å². The van der Waals surface area contributed by atoms with E-state index in [0.29, 0.717) is 6.47 Å². The first-order valence-corrected chi connectivity index (χ1v) is 3.90. The molecule has 0 heterocycles. The Morgan fingerprint density at radius 1 is 1.50 bits per heavy atom. The molecule has 0 saturated carbocycles. The monoisotopic (exact) mass is 144 g/mol. The van der Waals surface area contributed by atoms with Crippen molar-refractivity contribution in [2.24, 2.45) is 0 Å². The van der Waals surface area contributed by atoms with E-state index in [2.05, 4.69) is 6.92 Å². The van der Waals surface area contributed by atoms with Crippen molar-refractivity contribution < 1.29 is 9.53 Å². The van der Waals surface area contributed by atoms with Crippen molar-refractivity contribution in [3.63, 3.8) is 0 Å². The molecule has 0 aromatic carbocycles. The van der Waals surface area contributed by atoms with Crippen molar-refractivity contribution >= 4 is 6.47 Å². The molecule has 0 saturated heterocycles. The molecule has 0 aromatic rings. The van der Waals surface area contributed by atoms with Crippen molar-refractivity contribution in [2.45, 2.75) is 45.6 Å². The molecule has 0 rings (SSSR count).